The maximum absolute atomic E-state index is 3.88. The van der Waals surface area contributed by atoms with Gasteiger partial charge in [0.2, 0.25) is 0 Å². The van der Waals surface area contributed by atoms with E-state index >= 15 is 0 Å². The molecule has 1 unspecified atom stereocenters. The van der Waals surface area contributed by atoms with Crippen LogP contribution in [0.3, 0.4) is 0 Å². The molecule has 2 aliphatic rings. The summed E-state index contributed by atoms with van der Waals surface area (Å²) in [6.07, 6.45) is 8.28. The number of piperidine rings is 1. The lowest BCUT2D eigenvalue weighted by molar-refractivity contribution is 0.121. The molecule has 1 aliphatic heterocycles. The van der Waals surface area contributed by atoms with E-state index in [1.165, 1.54) is 58.2 Å². The first-order chi connectivity index (χ1) is 8.39. The minimum absolute atomic E-state index is 0.536. The molecule has 1 aliphatic carbocycles. The van der Waals surface area contributed by atoms with Crippen LogP contribution in [0.15, 0.2) is 0 Å². The lowest BCUT2D eigenvalue weighted by Gasteiger charge is -2.41. The first-order valence-corrected chi connectivity index (χ1v) is 7.81. The highest BCUT2D eigenvalue weighted by Crippen LogP contribution is 2.36. The molecule has 2 rings (SSSR count). The van der Waals surface area contributed by atoms with E-state index in [9.17, 15) is 0 Å². The van der Waals surface area contributed by atoms with Crippen LogP contribution in [0.4, 0.5) is 0 Å². The van der Waals surface area contributed by atoms with Crippen LogP contribution in [-0.4, -0.2) is 37.6 Å². The van der Waals surface area contributed by atoms with E-state index in [2.05, 4.69) is 38.0 Å². The Balaban J connectivity index is 1.77. The summed E-state index contributed by atoms with van der Waals surface area (Å²) < 4.78 is 0. The van der Waals surface area contributed by atoms with Gasteiger partial charge in [0.05, 0.1) is 0 Å². The Labute approximate surface area is 114 Å². The second kappa shape index (κ2) is 5.50. The van der Waals surface area contributed by atoms with Crippen molar-refractivity contribution in [1.82, 2.24) is 10.2 Å². The number of hydrogen-bond acceptors (Lipinski definition) is 2. The minimum atomic E-state index is 0.536. The second-order valence-electron chi connectivity index (χ2n) is 7.95. The molecule has 0 aromatic rings. The molecule has 2 nitrogen and oxygen atoms in total. The van der Waals surface area contributed by atoms with Crippen LogP contribution in [0.25, 0.3) is 0 Å². The molecular weight excluding hydrogens is 220 g/mol. The molecule has 1 atom stereocenters. The Morgan fingerprint density at radius 1 is 1.11 bits per heavy atom. The molecule has 0 amide bonds. The fraction of sp³-hybridized carbons (Fsp3) is 1.00. The van der Waals surface area contributed by atoms with Crippen LogP contribution in [0.1, 0.15) is 59.3 Å². The SMILES string of the molecule is CN1CCC(C)(CNC2CCCC(C)(C)C2)CC1. The number of rotatable bonds is 3. The van der Waals surface area contributed by atoms with Crippen molar-refractivity contribution in [3.63, 3.8) is 0 Å². The monoisotopic (exact) mass is 252 g/mol. The highest BCUT2D eigenvalue weighted by molar-refractivity contribution is 4.88. The van der Waals surface area contributed by atoms with Crippen molar-refractivity contribution in [2.45, 2.75) is 65.3 Å². The van der Waals surface area contributed by atoms with E-state index in [0.29, 0.717) is 10.8 Å². The number of hydrogen-bond donors (Lipinski definition) is 1. The summed E-state index contributed by atoms with van der Waals surface area (Å²) in [4.78, 5) is 2.46. The van der Waals surface area contributed by atoms with E-state index in [-0.39, 0.29) is 0 Å². The van der Waals surface area contributed by atoms with Crippen LogP contribution in [0.2, 0.25) is 0 Å². The molecule has 1 saturated heterocycles. The third kappa shape index (κ3) is 3.96. The van der Waals surface area contributed by atoms with Gasteiger partial charge in [-0.05, 0) is 63.1 Å². The zero-order valence-electron chi connectivity index (χ0n) is 12.9. The van der Waals surface area contributed by atoms with Gasteiger partial charge in [0.1, 0.15) is 0 Å². The zero-order chi connectivity index (χ0) is 13.2. The molecule has 0 aromatic heterocycles. The Morgan fingerprint density at radius 3 is 2.39 bits per heavy atom. The summed E-state index contributed by atoms with van der Waals surface area (Å²) in [5.41, 5.74) is 1.09. The zero-order valence-corrected chi connectivity index (χ0v) is 12.9. The minimum Gasteiger partial charge on any atom is -0.313 e. The van der Waals surface area contributed by atoms with Gasteiger partial charge >= 0.3 is 0 Å². The van der Waals surface area contributed by atoms with Crippen LogP contribution < -0.4 is 5.32 Å². The average molecular weight is 252 g/mol. The largest absolute Gasteiger partial charge is 0.313 e. The Hall–Kier alpha value is -0.0800. The molecule has 1 heterocycles. The predicted octanol–water partition coefficient (Wildman–Crippen LogP) is 3.28. The number of nitrogens with zero attached hydrogens (tertiary/aromatic N) is 1. The van der Waals surface area contributed by atoms with Crippen LogP contribution in [0, 0.1) is 10.8 Å². The third-order valence-corrected chi connectivity index (χ3v) is 5.22. The summed E-state index contributed by atoms with van der Waals surface area (Å²) in [5, 5.41) is 3.88. The average Bonchev–Trinajstić information content (AvgIpc) is 2.30. The summed E-state index contributed by atoms with van der Waals surface area (Å²) >= 11 is 0. The van der Waals surface area contributed by atoms with Crippen LogP contribution >= 0.6 is 0 Å². The van der Waals surface area contributed by atoms with Crippen LogP contribution in [-0.2, 0) is 0 Å². The van der Waals surface area contributed by atoms with Gasteiger partial charge in [0.25, 0.3) is 0 Å². The van der Waals surface area contributed by atoms with Gasteiger partial charge in [-0.25, -0.2) is 0 Å². The van der Waals surface area contributed by atoms with Crippen molar-refractivity contribution in [3.05, 3.63) is 0 Å². The topological polar surface area (TPSA) is 15.3 Å². The molecule has 0 bridgehead atoms. The van der Waals surface area contributed by atoms with Gasteiger partial charge in [0, 0.05) is 12.6 Å². The van der Waals surface area contributed by atoms with Gasteiger partial charge in [-0.3, -0.25) is 0 Å². The van der Waals surface area contributed by atoms with Crippen molar-refractivity contribution in [2.24, 2.45) is 10.8 Å². The van der Waals surface area contributed by atoms with Crippen molar-refractivity contribution in [1.29, 1.82) is 0 Å². The van der Waals surface area contributed by atoms with Crippen molar-refractivity contribution in [3.8, 4) is 0 Å². The van der Waals surface area contributed by atoms with Gasteiger partial charge in [-0.15, -0.1) is 0 Å². The van der Waals surface area contributed by atoms with Crippen molar-refractivity contribution in [2.75, 3.05) is 26.7 Å². The van der Waals surface area contributed by atoms with Crippen LogP contribution in [0.5, 0.6) is 0 Å². The quantitative estimate of drug-likeness (QED) is 0.829. The molecule has 2 fully saturated rings. The third-order valence-electron chi connectivity index (χ3n) is 5.22. The first kappa shape index (κ1) is 14.3. The Kier molecular flexibility index (Phi) is 4.38. The summed E-state index contributed by atoms with van der Waals surface area (Å²) in [6, 6.07) is 0.769. The highest BCUT2D eigenvalue weighted by Gasteiger charge is 2.32. The van der Waals surface area contributed by atoms with E-state index < -0.39 is 0 Å². The fourth-order valence-electron chi connectivity index (χ4n) is 3.60. The highest BCUT2D eigenvalue weighted by atomic mass is 15.1. The smallest absolute Gasteiger partial charge is 0.00723 e. The van der Waals surface area contributed by atoms with Gasteiger partial charge < -0.3 is 10.2 Å². The molecule has 1 N–H and O–H groups in total. The molecule has 0 aromatic carbocycles. The lowest BCUT2D eigenvalue weighted by Crippen LogP contribution is -2.46. The van der Waals surface area contributed by atoms with Crippen molar-refractivity contribution < 1.29 is 0 Å². The molecule has 1 saturated carbocycles. The molecule has 18 heavy (non-hydrogen) atoms. The first-order valence-electron chi connectivity index (χ1n) is 7.81. The maximum atomic E-state index is 3.88. The summed E-state index contributed by atoms with van der Waals surface area (Å²) in [6.45, 7) is 11.1. The standard InChI is InChI=1S/C16H32N2/c1-15(2)7-5-6-14(12-15)17-13-16(3)8-10-18(4)11-9-16/h14,17H,5-13H2,1-4H3. The van der Waals surface area contributed by atoms with Crippen molar-refractivity contribution >= 4 is 0 Å². The molecule has 2 heteroatoms. The Bertz CT molecular complexity index is 264. The van der Waals surface area contributed by atoms with Gasteiger partial charge in [-0.2, -0.15) is 0 Å². The summed E-state index contributed by atoms with van der Waals surface area (Å²) in [5.74, 6) is 0. The van der Waals surface area contributed by atoms with E-state index in [1.807, 2.05) is 0 Å². The fourth-order valence-corrected chi connectivity index (χ4v) is 3.60. The molecular formula is C16H32N2. The maximum Gasteiger partial charge on any atom is 0.00723 e. The summed E-state index contributed by atoms with van der Waals surface area (Å²) in [7, 11) is 2.25. The van der Waals surface area contributed by atoms with E-state index in [0.717, 1.165) is 6.04 Å². The molecule has 106 valence electrons. The van der Waals surface area contributed by atoms with E-state index in [4.69, 9.17) is 0 Å². The molecule has 0 radical (unpaired) electrons. The normalized spacial score (nSPS) is 32.3. The molecule has 0 spiro atoms. The number of nitrogens with one attached hydrogen (secondary N) is 1. The number of likely N-dealkylation sites (tertiary alicyclic amines) is 1. The second-order valence-corrected chi connectivity index (χ2v) is 7.95. The lowest BCUT2D eigenvalue weighted by atomic mass is 9.74. The van der Waals surface area contributed by atoms with Gasteiger partial charge in [0.15, 0.2) is 0 Å². The Morgan fingerprint density at radius 2 is 1.78 bits per heavy atom. The van der Waals surface area contributed by atoms with E-state index in [1.54, 1.807) is 0 Å². The predicted molar refractivity (Wildman–Crippen MR) is 78.9 cm³/mol. The van der Waals surface area contributed by atoms with Gasteiger partial charge in [-0.1, -0.05) is 27.2 Å².